The lowest BCUT2D eigenvalue weighted by molar-refractivity contribution is -0.131. The van der Waals surface area contributed by atoms with Crippen LogP contribution in [0.25, 0.3) is 0 Å². The molecular formula is C12H24N2O3S. The first-order chi connectivity index (χ1) is 8.51. The molecule has 0 aromatic heterocycles. The zero-order chi connectivity index (χ0) is 13.6. The van der Waals surface area contributed by atoms with E-state index >= 15 is 0 Å². The van der Waals surface area contributed by atoms with Crippen molar-refractivity contribution in [3.05, 3.63) is 0 Å². The Morgan fingerprint density at radius 1 is 1.17 bits per heavy atom. The van der Waals surface area contributed by atoms with Gasteiger partial charge in [0.15, 0.2) is 0 Å². The summed E-state index contributed by atoms with van der Waals surface area (Å²) in [6.07, 6.45) is 3.37. The van der Waals surface area contributed by atoms with Crippen molar-refractivity contribution in [3.8, 4) is 0 Å². The van der Waals surface area contributed by atoms with E-state index in [1.807, 2.05) is 13.8 Å². The van der Waals surface area contributed by atoms with E-state index in [1.54, 1.807) is 4.90 Å². The molecule has 0 aromatic carbocycles. The summed E-state index contributed by atoms with van der Waals surface area (Å²) in [7, 11) is -3.20. The van der Waals surface area contributed by atoms with Crippen molar-refractivity contribution in [2.24, 2.45) is 0 Å². The number of hydrogen-bond acceptors (Lipinski definition) is 3. The van der Waals surface area contributed by atoms with E-state index in [4.69, 9.17) is 0 Å². The van der Waals surface area contributed by atoms with Crippen LogP contribution in [0.15, 0.2) is 0 Å². The van der Waals surface area contributed by atoms with Gasteiger partial charge < -0.3 is 4.90 Å². The highest BCUT2D eigenvalue weighted by molar-refractivity contribution is 7.89. The van der Waals surface area contributed by atoms with Gasteiger partial charge in [0.05, 0.1) is 12.3 Å². The molecule has 1 aliphatic heterocycles. The van der Waals surface area contributed by atoms with Gasteiger partial charge in [-0.1, -0.05) is 13.8 Å². The van der Waals surface area contributed by atoms with Gasteiger partial charge >= 0.3 is 0 Å². The van der Waals surface area contributed by atoms with Crippen LogP contribution < -0.4 is 0 Å². The van der Waals surface area contributed by atoms with Crippen LogP contribution in [0.2, 0.25) is 0 Å². The average Bonchev–Trinajstić information content (AvgIpc) is 2.31. The Bertz CT molecular complexity index is 362. The van der Waals surface area contributed by atoms with Gasteiger partial charge in [-0.2, -0.15) is 4.31 Å². The molecule has 18 heavy (non-hydrogen) atoms. The molecular weight excluding hydrogens is 252 g/mol. The molecule has 0 aliphatic carbocycles. The predicted molar refractivity (Wildman–Crippen MR) is 71.8 cm³/mol. The Kier molecular flexibility index (Phi) is 6.08. The van der Waals surface area contributed by atoms with Gasteiger partial charge in [0, 0.05) is 19.6 Å². The summed E-state index contributed by atoms with van der Waals surface area (Å²) in [6.45, 7) is 5.96. The van der Waals surface area contributed by atoms with Crippen molar-refractivity contribution < 1.29 is 13.2 Å². The van der Waals surface area contributed by atoms with Crippen molar-refractivity contribution in [2.75, 3.05) is 31.9 Å². The standard InChI is InChI=1S/C12H24N2O3S/c1-3-7-13(8-4-2)12(15)11-14-9-5-6-10-18(14,16)17/h3-11H2,1-2H3. The topological polar surface area (TPSA) is 57.7 Å². The van der Waals surface area contributed by atoms with Gasteiger partial charge in [-0.05, 0) is 25.7 Å². The molecule has 1 amide bonds. The van der Waals surface area contributed by atoms with E-state index in [0.29, 0.717) is 26.1 Å². The highest BCUT2D eigenvalue weighted by Gasteiger charge is 2.28. The van der Waals surface area contributed by atoms with E-state index in [1.165, 1.54) is 4.31 Å². The second kappa shape index (κ2) is 7.09. The van der Waals surface area contributed by atoms with E-state index in [2.05, 4.69) is 0 Å². The first kappa shape index (κ1) is 15.4. The molecule has 1 fully saturated rings. The van der Waals surface area contributed by atoms with E-state index in [9.17, 15) is 13.2 Å². The van der Waals surface area contributed by atoms with E-state index in [-0.39, 0.29) is 18.2 Å². The maximum atomic E-state index is 12.1. The smallest absolute Gasteiger partial charge is 0.237 e. The molecule has 0 saturated carbocycles. The van der Waals surface area contributed by atoms with Crippen LogP contribution in [0.3, 0.4) is 0 Å². The highest BCUT2D eigenvalue weighted by Crippen LogP contribution is 2.13. The van der Waals surface area contributed by atoms with Crippen LogP contribution >= 0.6 is 0 Å². The Labute approximate surface area is 110 Å². The number of carbonyl (C=O) groups excluding carboxylic acids is 1. The van der Waals surface area contributed by atoms with Crippen LogP contribution in [0, 0.1) is 0 Å². The number of amides is 1. The first-order valence-corrected chi connectivity index (χ1v) is 8.37. The van der Waals surface area contributed by atoms with Gasteiger partial charge in [-0.3, -0.25) is 4.79 Å². The second-order valence-corrected chi connectivity index (χ2v) is 6.83. The predicted octanol–water partition coefficient (Wildman–Crippen LogP) is 1.06. The third-order valence-corrected chi connectivity index (χ3v) is 5.01. The fourth-order valence-corrected chi connectivity index (χ4v) is 3.71. The molecule has 0 unspecified atom stereocenters. The van der Waals surface area contributed by atoms with Crippen molar-refractivity contribution in [3.63, 3.8) is 0 Å². The lowest BCUT2D eigenvalue weighted by atomic mass is 10.3. The molecule has 0 aromatic rings. The molecule has 1 aliphatic rings. The molecule has 0 bridgehead atoms. The monoisotopic (exact) mass is 276 g/mol. The van der Waals surface area contributed by atoms with Crippen LogP contribution in [0.1, 0.15) is 39.5 Å². The van der Waals surface area contributed by atoms with Crippen molar-refractivity contribution in [1.82, 2.24) is 9.21 Å². The minimum atomic E-state index is -3.20. The Hall–Kier alpha value is -0.620. The minimum absolute atomic E-state index is 0.0162. The van der Waals surface area contributed by atoms with Gasteiger partial charge in [-0.25, -0.2) is 8.42 Å². The number of rotatable bonds is 6. The largest absolute Gasteiger partial charge is 0.342 e. The van der Waals surface area contributed by atoms with E-state index in [0.717, 1.165) is 19.3 Å². The Balaban J connectivity index is 2.61. The van der Waals surface area contributed by atoms with Crippen molar-refractivity contribution in [1.29, 1.82) is 0 Å². The molecule has 1 heterocycles. The Morgan fingerprint density at radius 3 is 2.28 bits per heavy atom. The summed E-state index contributed by atoms with van der Waals surface area (Å²) >= 11 is 0. The molecule has 0 atom stereocenters. The van der Waals surface area contributed by atoms with Crippen molar-refractivity contribution >= 4 is 15.9 Å². The van der Waals surface area contributed by atoms with Crippen LogP contribution in [-0.2, 0) is 14.8 Å². The zero-order valence-corrected chi connectivity index (χ0v) is 12.2. The number of sulfonamides is 1. The maximum absolute atomic E-state index is 12.1. The second-order valence-electron chi connectivity index (χ2n) is 4.74. The SMILES string of the molecule is CCCN(CCC)C(=O)CN1CCCCS1(=O)=O. The maximum Gasteiger partial charge on any atom is 0.237 e. The zero-order valence-electron chi connectivity index (χ0n) is 11.4. The third-order valence-electron chi connectivity index (χ3n) is 3.10. The molecule has 1 rings (SSSR count). The molecule has 106 valence electrons. The summed E-state index contributed by atoms with van der Waals surface area (Å²) in [5, 5.41) is 0. The summed E-state index contributed by atoms with van der Waals surface area (Å²) in [6, 6.07) is 0. The average molecular weight is 276 g/mol. The fourth-order valence-electron chi connectivity index (χ4n) is 2.17. The summed E-state index contributed by atoms with van der Waals surface area (Å²) in [5.41, 5.74) is 0. The highest BCUT2D eigenvalue weighted by atomic mass is 32.2. The molecule has 5 nitrogen and oxygen atoms in total. The van der Waals surface area contributed by atoms with Crippen LogP contribution in [0.4, 0.5) is 0 Å². The fraction of sp³-hybridized carbons (Fsp3) is 0.917. The van der Waals surface area contributed by atoms with Gasteiger partial charge in [-0.15, -0.1) is 0 Å². The molecule has 1 saturated heterocycles. The quantitative estimate of drug-likeness (QED) is 0.729. The van der Waals surface area contributed by atoms with Gasteiger partial charge in [0.1, 0.15) is 0 Å². The van der Waals surface area contributed by atoms with Crippen LogP contribution in [0.5, 0.6) is 0 Å². The molecule has 0 N–H and O–H groups in total. The lowest BCUT2D eigenvalue weighted by Gasteiger charge is -2.29. The number of hydrogen-bond donors (Lipinski definition) is 0. The Morgan fingerprint density at radius 2 is 1.78 bits per heavy atom. The summed E-state index contributed by atoms with van der Waals surface area (Å²) < 4.78 is 25.0. The number of nitrogens with zero attached hydrogens (tertiary/aromatic N) is 2. The number of carbonyl (C=O) groups is 1. The minimum Gasteiger partial charge on any atom is -0.342 e. The van der Waals surface area contributed by atoms with Crippen molar-refractivity contribution in [2.45, 2.75) is 39.5 Å². The lowest BCUT2D eigenvalue weighted by Crippen LogP contribution is -2.46. The summed E-state index contributed by atoms with van der Waals surface area (Å²) in [4.78, 5) is 13.9. The molecule has 0 spiro atoms. The normalized spacial score (nSPS) is 19.7. The summed E-state index contributed by atoms with van der Waals surface area (Å²) in [5.74, 6) is 0.117. The first-order valence-electron chi connectivity index (χ1n) is 6.76. The molecule has 6 heteroatoms. The van der Waals surface area contributed by atoms with Gasteiger partial charge in [0.25, 0.3) is 0 Å². The van der Waals surface area contributed by atoms with Crippen LogP contribution in [-0.4, -0.2) is 55.5 Å². The molecule has 0 radical (unpaired) electrons. The van der Waals surface area contributed by atoms with Gasteiger partial charge in [0.2, 0.25) is 15.9 Å². The third kappa shape index (κ3) is 4.24. The van der Waals surface area contributed by atoms with E-state index < -0.39 is 10.0 Å².